The molecule has 0 saturated carbocycles. The first-order chi connectivity index (χ1) is 24.6. The summed E-state index contributed by atoms with van der Waals surface area (Å²) in [6, 6.07) is 36.5. The zero-order valence-corrected chi connectivity index (χ0v) is 31.9. The van der Waals surface area contributed by atoms with Crippen LogP contribution in [0.2, 0.25) is 0 Å². The molecule has 52 heavy (non-hydrogen) atoms. The summed E-state index contributed by atoms with van der Waals surface area (Å²) >= 11 is 0. The second kappa shape index (κ2) is 11.9. The number of hydrogen-bond donors (Lipinski definition) is 1. The van der Waals surface area contributed by atoms with E-state index in [2.05, 4.69) is 170 Å². The first-order valence-corrected chi connectivity index (χ1v) is 18.5. The Morgan fingerprint density at radius 2 is 1.37 bits per heavy atom. The molecular weight excluding hydrogens is 639 g/mol. The van der Waals surface area contributed by atoms with Gasteiger partial charge in [-0.15, -0.1) is 0 Å². The van der Waals surface area contributed by atoms with Gasteiger partial charge in [-0.1, -0.05) is 129 Å². The topological polar surface area (TPSA) is 59.6 Å². The maximum Gasteiger partial charge on any atom is 0.217 e. The van der Waals surface area contributed by atoms with E-state index in [1.165, 1.54) is 16.7 Å². The highest BCUT2D eigenvalue weighted by molar-refractivity contribution is 6.00. The average Bonchev–Trinajstić information content (AvgIpc) is 3.78. The lowest BCUT2D eigenvalue weighted by Crippen LogP contribution is -2.17. The zero-order chi connectivity index (χ0) is 36.7. The summed E-state index contributed by atoms with van der Waals surface area (Å²) in [6.45, 7) is 19.8. The van der Waals surface area contributed by atoms with E-state index in [1.807, 2.05) is 0 Å². The van der Waals surface area contributed by atoms with Crippen molar-refractivity contribution < 1.29 is 9.84 Å². The highest BCUT2D eigenvalue weighted by Crippen LogP contribution is 2.45. The van der Waals surface area contributed by atoms with Crippen LogP contribution in [0.25, 0.3) is 39.2 Å². The molecule has 0 bridgehead atoms. The summed E-state index contributed by atoms with van der Waals surface area (Å²) in [7, 11) is 0. The third-order valence-corrected chi connectivity index (χ3v) is 10.8. The van der Waals surface area contributed by atoms with Crippen molar-refractivity contribution in [3.05, 3.63) is 137 Å². The van der Waals surface area contributed by atoms with Crippen LogP contribution in [0, 0.1) is 0 Å². The fourth-order valence-corrected chi connectivity index (χ4v) is 7.75. The van der Waals surface area contributed by atoms with E-state index in [4.69, 9.17) is 14.7 Å². The Bertz CT molecular complexity index is 2380. The summed E-state index contributed by atoms with van der Waals surface area (Å²) in [5.74, 6) is 1.68. The molecule has 1 aromatic heterocycles. The van der Waals surface area contributed by atoms with Gasteiger partial charge < -0.3 is 9.84 Å². The standard InChI is InChI=1S/C47H49N3O2/c1-45(2,3)31-20-22-33(23-21-31)50-38-19-13-18-34(40(38)48-43(50)36-26-32(46(4,5)6)27-37(42(36)51)47(7,8)9)28-15-12-16-30(24-28)44-49-41-35-17-11-10-14-29(35)25-39(41)52-44/h10-24,26-27,39,41,51H,25H2,1-9H3/t39-,41+/m0/s1. The SMILES string of the molecule is CC(C)(C)c1ccc(-n2c(-c3cc(C(C)(C)C)cc(C(C)(C)C)c3O)nc3c(-c4cccc(C5=N[C@@H]6c7ccccc7C[C@@H]6O5)c4)cccc32)cc1. The molecule has 0 spiro atoms. The molecule has 2 atom stereocenters. The lowest BCUT2D eigenvalue weighted by molar-refractivity contribution is 0.206. The number of hydrogen-bond acceptors (Lipinski definition) is 4. The Morgan fingerprint density at radius 3 is 2.08 bits per heavy atom. The van der Waals surface area contributed by atoms with E-state index < -0.39 is 0 Å². The molecule has 5 heteroatoms. The number of aromatic nitrogens is 2. The van der Waals surface area contributed by atoms with Crippen molar-refractivity contribution >= 4 is 16.9 Å². The first kappa shape index (κ1) is 34.0. The van der Waals surface area contributed by atoms with Crippen LogP contribution in [0.4, 0.5) is 0 Å². The second-order valence-electron chi connectivity index (χ2n) is 17.7. The van der Waals surface area contributed by atoms with Crippen LogP contribution >= 0.6 is 0 Å². The van der Waals surface area contributed by atoms with E-state index in [-0.39, 0.29) is 34.1 Å². The van der Waals surface area contributed by atoms with Gasteiger partial charge in [0.05, 0.1) is 16.6 Å². The number of fused-ring (bicyclic) bond motifs is 4. The van der Waals surface area contributed by atoms with Crippen LogP contribution < -0.4 is 0 Å². The summed E-state index contributed by atoms with van der Waals surface area (Å²) in [5.41, 5.74) is 12.1. The van der Waals surface area contributed by atoms with Gasteiger partial charge in [-0.05, 0) is 80.5 Å². The van der Waals surface area contributed by atoms with Crippen molar-refractivity contribution in [3.8, 4) is 34.0 Å². The normalized spacial score (nSPS) is 17.2. The number of ether oxygens (including phenoxy) is 1. The van der Waals surface area contributed by atoms with Crippen LogP contribution in [-0.2, 0) is 27.4 Å². The van der Waals surface area contributed by atoms with Gasteiger partial charge >= 0.3 is 0 Å². The Labute approximate surface area is 308 Å². The van der Waals surface area contributed by atoms with Crippen molar-refractivity contribution in [2.45, 2.75) is 97.1 Å². The van der Waals surface area contributed by atoms with Gasteiger partial charge in [0.15, 0.2) is 0 Å². The molecule has 0 fully saturated rings. The molecular formula is C47H49N3O2. The summed E-state index contributed by atoms with van der Waals surface area (Å²) in [4.78, 5) is 10.5. The molecule has 1 aliphatic carbocycles. The van der Waals surface area contributed by atoms with Crippen molar-refractivity contribution in [2.75, 3.05) is 0 Å². The largest absolute Gasteiger partial charge is 0.507 e. The summed E-state index contributed by atoms with van der Waals surface area (Å²) < 4.78 is 8.71. The van der Waals surface area contributed by atoms with Gasteiger partial charge in [0.25, 0.3) is 0 Å². The van der Waals surface area contributed by atoms with Crippen LogP contribution in [0.1, 0.15) is 102 Å². The number of aliphatic imine (C=N–C) groups is 1. The Kier molecular flexibility index (Phi) is 7.80. The van der Waals surface area contributed by atoms with Gasteiger partial charge in [0.2, 0.25) is 5.90 Å². The summed E-state index contributed by atoms with van der Waals surface area (Å²) in [5, 5.41) is 12.1. The van der Waals surface area contributed by atoms with Crippen molar-refractivity contribution in [1.29, 1.82) is 0 Å². The molecule has 0 saturated heterocycles. The maximum absolute atomic E-state index is 12.1. The Morgan fingerprint density at radius 1 is 0.673 bits per heavy atom. The highest BCUT2D eigenvalue weighted by atomic mass is 16.5. The lowest BCUT2D eigenvalue weighted by atomic mass is 9.79. The molecule has 1 N–H and O–H groups in total. The van der Waals surface area contributed by atoms with Gasteiger partial charge in [0.1, 0.15) is 23.7 Å². The minimum absolute atomic E-state index is 0.0207. The maximum atomic E-state index is 12.1. The Hall–Kier alpha value is -5.16. The van der Waals surface area contributed by atoms with Gasteiger partial charge in [0, 0.05) is 28.8 Å². The third kappa shape index (κ3) is 5.81. The zero-order valence-electron chi connectivity index (χ0n) is 31.9. The van der Waals surface area contributed by atoms with E-state index >= 15 is 0 Å². The van der Waals surface area contributed by atoms with Crippen molar-refractivity contribution in [1.82, 2.24) is 9.55 Å². The molecule has 5 nitrogen and oxygen atoms in total. The Balaban J connectivity index is 1.32. The van der Waals surface area contributed by atoms with Crippen LogP contribution in [0.3, 0.4) is 0 Å². The van der Waals surface area contributed by atoms with E-state index in [9.17, 15) is 5.11 Å². The fourth-order valence-electron chi connectivity index (χ4n) is 7.75. The number of nitrogens with zero attached hydrogens (tertiary/aromatic N) is 3. The monoisotopic (exact) mass is 687 g/mol. The molecule has 0 radical (unpaired) electrons. The molecule has 1 aliphatic heterocycles. The van der Waals surface area contributed by atoms with Crippen molar-refractivity contribution in [3.63, 3.8) is 0 Å². The molecule has 8 rings (SSSR count). The lowest BCUT2D eigenvalue weighted by Gasteiger charge is -2.27. The number of imidazole rings is 1. The predicted molar refractivity (Wildman–Crippen MR) is 214 cm³/mol. The number of benzene rings is 5. The fraction of sp³-hybridized carbons (Fsp3) is 0.319. The van der Waals surface area contributed by atoms with Gasteiger partial charge in [-0.3, -0.25) is 4.57 Å². The van der Waals surface area contributed by atoms with E-state index in [1.54, 1.807) is 0 Å². The second-order valence-corrected chi connectivity index (χ2v) is 17.7. The molecule has 2 aliphatic rings. The van der Waals surface area contributed by atoms with E-state index in [0.717, 1.165) is 56.5 Å². The molecule has 2 heterocycles. The summed E-state index contributed by atoms with van der Waals surface area (Å²) in [6.07, 6.45) is 0.918. The van der Waals surface area contributed by atoms with Gasteiger partial charge in [-0.2, -0.15) is 0 Å². The van der Waals surface area contributed by atoms with Crippen LogP contribution in [0.5, 0.6) is 5.75 Å². The van der Waals surface area contributed by atoms with Crippen LogP contribution in [0.15, 0.2) is 108 Å². The first-order valence-electron chi connectivity index (χ1n) is 18.5. The number of rotatable bonds is 4. The number of phenolic OH excluding ortho intramolecular Hbond substituents is 1. The minimum Gasteiger partial charge on any atom is -0.507 e. The smallest absolute Gasteiger partial charge is 0.217 e. The predicted octanol–water partition coefficient (Wildman–Crippen LogP) is 11.4. The highest BCUT2D eigenvalue weighted by Gasteiger charge is 2.39. The molecule has 6 aromatic rings. The molecule has 264 valence electrons. The molecule has 0 amide bonds. The van der Waals surface area contributed by atoms with E-state index in [0.29, 0.717) is 11.7 Å². The molecule has 5 aromatic carbocycles. The number of aromatic hydroxyl groups is 1. The molecule has 0 unspecified atom stereocenters. The average molecular weight is 688 g/mol. The number of phenols is 1. The third-order valence-electron chi connectivity index (χ3n) is 10.8. The van der Waals surface area contributed by atoms with Crippen molar-refractivity contribution in [2.24, 2.45) is 4.99 Å². The van der Waals surface area contributed by atoms with Gasteiger partial charge in [-0.25, -0.2) is 9.98 Å². The quantitative estimate of drug-likeness (QED) is 0.201. The van der Waals surface area contributed by atoms with Crippen LogP contribution in [-0.4, -0.2) is 26.7 Å². The number of para-hydroxylation sites is 1. The minimum atomic E-state index is -0.275.